The minimum absolute atomic E-state index is 0.128. The lowest BCUT2D eigenvalue weighted by molar-refractivity contribution is 0.466. The Morgan fingerprint density at radius 3 is 2.16 bits per heavy atom. The van der Waals surface area contributed by atoms with Crippen LogP contribution in [0, 0.1) is 5.92 Å². The molecule has 0 aliphatic heterocycles. The molecule has 5 nitrogen and oxygen atoms in total. The third kappa shape index (κ3) is 4.81. The summed E-state index contributed by atoms with van der Waals surface area (Å²) < 4.78 is 22.3. The summed E-state index contributed by atoms with van der Waals surface area (Å²) in [5.41, 5.74) is 6.95. The predicted octanol–water partition coefficient (Wildman–Crippen LogP) is 1.14. The van der Waals surface area contributed by atoms with Crippen molar-refractivity contribution in [3.63, 3.8) is 0 Å². The highest BCUT2D eigenvalue weighted by atomic mass is 32.2. The Kier molecular flexibility index (Phi) is 5.34. The standard InChI is InChI=1S/C13H23N3O2S/c1-10(2)13(14)8-9-16(3)11-4-6-12(7-5-11)19(15,17)18/h4-7,10,13H,8-9,14H2,1-3H3,(H2,15,17,18). The van der Waals surface area contributed by atoms with E-state index in [1.165, 1.54) is 12.1 Å². The Bertz CT molecular complexity index is 497. The molecule has 0 fully saturated rings. The zero-order valence-corrected chi connectivity index (χ0v) is 12.5. The number of rotatable bonds is 6. The molecule has 1 unspecified atom stereocenters. The van der Waals surface area contributed by atoms with Crippen LogP contribution in [0.3, 0.4) is 0 Å². The summed E-state index contributed by atoms with van der Waals surface area (Å²) in [5, 5.41) is 5.06. The SMILES string of the molecule is CC(C)C(N)CCN(C)c1ccc(S(N)(=O)=O)cc1. The van der Waals surface area contributed by atoms with Gasteiger partial charge in [-0.05, 0) is 36.6 Å². The average Bonchev–Trinajstić information content (AvgIpc) is 2.34. The molecule has 0 radical (unpaired) electrons. The molecule has 0 saturated carbocycles. The Hall–Kier alpha value is -1.11. The maximum atomic E-state index is 11.2. The van der Waals surface area contributed by atoms with E-state index in [9.17, 15) is 8.42 Å². The highest BCUT2D eigenvalue weighted by molar-refractivity contribution is 7.89. The summed E-state index contributed by atoms with van der Waals surface area (Å²) in [6.45, 7) is 5.03. The zero-order valence-electron chi connectivity index (χ0n) is 11.7. The summed E-state index contributed by atoms with van der Waals surface area (Å²) in [6, 6.07) is 6.71. The van der Waals surface area contributed by atoms with Gasteiger partial charge in [0.25, 0.3) is 0 Å². The average molecular weight is 285 g/mol. The minimum atomic E-state index is -3.62. The fourth-order valence-electron chi connectivity index (χ4n) is 1.70. The van der Waals surface area contributed by atoms with Crippen LogP contribution in [0.2, 0.25) is 0 Å². The van der Waals surface area contributed by atoms with Crippen molar-refractivity contribution in [1.29, 1.82) is 0 Å². The van der Waals surface area contributed by atoms with Crippen LogP contribution in [0.25, 0.3) is 0 Å². The normalized spacial score (nSPS) is 13.6. The molecule has 108 valence electrons. The summed E-state index contributed by atoms with van der Waals surface area (Å²) in [7, 11) is -1.66. The van der Waals surface area contributed by atoms with Gasteiger partial charge in [-0.2, -0.15) is 0 Å². The third-order valence-electron chi connectivity index (χ3n) is 3.26. The molecule has 0 bridgehead atoms. The molecule has 0 saturated heterocycles. The molecule has 0 spiro atoms. The van der Waals surface area contributed by atoms with Gasteiger partial charge in [0.2, 0.25) is 10.0 Å². The van der Waals surface area contributed by atoms with E-state index in [2.05, 4.69) is 18.7 Å². The molecule has 0 heterocycles. The zero-order chi connectivity index (χ0) is 14.6. The topological polar surface area (TPSA) is 89.4 Å². The highest BCUT2D eigenvalue weighted by Crippen LogP contribution is 2.17. The van der Waals surface area contributed by atoms with Crippen LogP contribution in [-0.2, 0) is 10.0 Å². The fourth-order valence-corrected chi connectivity index (χ4v) is 2.21. The van der Waals surface area contributed by atoms with Gasteiger partial charge in [-0.1, -0.05) is 13.8 Å². The Morgan fingerprint density at radius 2 is 1.74 bits per heavy atom. The van der Waals surface area contributed by atoms with E-state index in [-0.39, 0.29) is 10.9 Å². The van der Waals surface area contributed by atoms with E-state index in [1.807, 2.05) is 7.05 Å². The minimum Gasteiger partial charge on any atom is -0.375 e. The first-order chi connectivity index (χ1) is 8.71. The molecule has 0 aliphatic rings. The van der Waals surface area contributed by atoms with Gasteiger partial charge in [-0.15, -0.1) is 0 Å². The first kappa shape index (κ1) is 15.9. The quantitative estimate of drug-likeness (QED) is 0.820. The van der Waals surface area contributed by atoms with Crippen LogP contribution < -0.4 is 15.8 Å². The van der Waals surface area contributed by atoms with Gasteiger partial charge in [0.05, 0.1) is 4.90 Å². The van der Waals surface area contributed by atoms with Gasteiger partial charge in [-0.3, -0.25) is 0 Å². The Balaban J connectivity index is 2.66. The van der Waals surface area contributed by atoms with Crippen LogP contribution in [-0.4, -0.2) is 28.1 Å². The van der Waals surface area contributed by atoms with Crippen LogP contribution in [0.5, 0.6) is 0 Å². The molecular formula is C13H23N3O2S. The predicted molar refractivity (Wildman–Crippen MR) is 78.5 cm³/mol. The van der Waals surface area contributed by atoms with Gasteiger partial charge < -0.3 is 10.6 Å². The molecule has 1 atom stereocenters. The van der Waals surface area contributed by atoms with E-state index >= 15 is 0 Å². The lowest BCUT2D eigenvalue weighted by Crippen LogP contribution is -2.31. The van der Waals surface area contributed by atoms with Crippen molar-refractivity contribution in [2.75, 3.05) is 18.5 Å². The molecule has 19 heavy (non-hydrogen) atoms. The van der Waals surface area contributed by atoms with E-state index in [1.54, 1.807) is 12.1 Å². The lowest BCUT2D eigenvalue weighted by Gasteiger charge is -2.23. The molecular weight excluding hydrogens is 262 g/mol. The summed E-state index contributed by atoms with van der Waals surface area (Å²) in [4.78, 5) is 2.18. The van der Waals surface area contributed by atoms with Crippen LogP contribution in [0.4, 0.5) is 5.69 Å². The van der Waals surface area contributed by atoms with E-state index in [0.29, 0.717) is 5.92 Å². The largest absolute Gasteiger partial charge is 0.375 e. The lowest BCUT2D eigenvalue weighted by atomic mass is 10.0. The van der Waals surface area contributed by atoms with Gasteiger partial charge in [0, 0.05) is 25.3 Å². The van der Waals surface area contributed by atoms with Crippen molar-refractivity contribution in [3.05, 3.63) is 24.3 Å². The maximum absolute atomic E-state index is 11.2. The number of sulfonamides is 1. The number of anilines is 1. The summed E-state index contributed by atoms with van der Waals surface area (Å²) >= 11 is 0. The maximum Gasteiger partial charge on any atom is 0.238 e. The van der Waals surface area contributed by atoms with Crippen molar-refractivity contribution in [1.82, 2.24) is 0 Å². The smallest absolute Gasteiger partial charge is 0.238 e. The number of hydrogen-bond donors (Lipinski definition) is 2. The molecule has 0 amide bonds. The summed E-state index contributed by atoms with van der Waals surface area (Å²) in [6.07, 6.45) is 0.894. The van der Waals surface area contributed by atoms with Gasteiger partial charge in [0.1, 0.15) is 0 Å². The second-order valence-electron chi connectivity index (χ2n) is 5.16. The fraction of sp³-hybridized carbons (Fsp3) is 0.538. The summed E-state index contributed by atoms with van der Waals surface area (Å²) in [5.74, 6) is 0.457. The van der Waals surface area contributed by atoms with Gasteiger partial charge in [0.15, 0.2) is 0 Å². The number of hydrogen-bond acceptors (Lipinski definition) is 4. The Labute approximate surface area is 115 Å². The van der Waals surface area contributed by atoms with Crippen LogP contribution in [0.1, 0.15) is 20.3 Å². The van der Waals surface area contributed by atoms with Gasteiger partial charge in [-0.25, -0.2) is 13.6 Å². The second kappa shape index (κ2) is 6.36. The number of primary sulfonamides is 1. The second-order valence-corrected chi connectivity index (χ2v) is 6.72. The van der Waals surface area contributed by atoms with Crippen LogP contribution >= 0.6 is 0 Å². The first-order valence-electron chi connectivity index (χ1n) is 6.31. The molecule has 1 aromatic carbocycles. The number of nitrogens with zero attached hydrogens (tertiary/aromatic N) is 1. The van der Waals surface area contributed by atoms with Crippen LogP contribution in [0.15, 0.2) is 29.2 Å². The van der Waals surface area contributed by atoms with Crippen molar-refractivity contribution in [3.8, 4) is 0 Å². The van der Waals surface area contributed by atoms with Crippen molar-refractivity contribution in [2.45, 2.75) is 31.2 Å². The van der Waals surface area contributed by atoms with Crippen molar-refractivity contribution < 1.29 is 8.42 Å². The molecule has 4 N–H and O–H groups in total. The van der Waals surface area contributed by atoms with Crippen molar-refractivity contribution in [2.24, 2.45) is 16.8 Å². The number of nitrogens with two attached hydrogens (primary N) is 2. The first-order valence-corrected chi connectivity index (χ1v) is 7.86. The van der Waals surface area contributed by atoms with E-state index in [0.717, 1.165) is 18.7 Å². The van der Waals surface area contributed by atoms with Gasteiger partial charge >= 0.3 is 0 Å². The monoisotopic (exact) mass is 285 g/mol. The van der Waals surface area contributed by atoms with E-state index < -0.39 is 10.0 Å². The third-order valence-corrected chi connectivity index (χ3v) is 4.19. The molecule has 0 aliphatic carbocycles. The number of benzene rings is 1. The van der Waals surface area contributed by atoms with Crippen molar-refractivity contribution >= 4 is 15.7 Å². The Morgan fingerprint density at radius 1 is 1.21 bits per heavy atom. The molecule has 1 aromatic rings. The molecule has 0 aromatic heterocycles. The highest BCUT2D eigenvalue weighted by Gasteiger charge is 2.11. The molecule has 1 rings (SSSR count). The molecule has 6 heteroatoms. The van der Waals surface area contributed by atoms with E-state index in [4.69, 9.17) is 10.9 Å².